The molecule has 0 aromatic rings. The highest BCUT2D eigenvalue weighted by Gasteiger charge is 2.46. The van der Waals surface area contributed by atoms with Crippen molar-refractivity contribution < 1.29 is 30.3 Å². The Morgan fingerprint density at radius 2 is 1.00 bits per heavy atom. The molecule has 4 atom stereocenters. The summed E-state index contributed by atoms with van der Waals surface area (Å²) in [5.74, 6) is 0. The van der Waals surface area contributed by atoms with Gasteiger partial charge >= 0.3 is 0 Å². The molecular formula is C28H58O6. The van der Waals surface area contributed by atoms with Crippen LogP contribution in [0.15, 0.2) is 0 Å². The summed E-state index contributed by atoms with van der Waals surface area (Å²) in [6.45, 7) is 3.58. The first-order chi connectivity index (χ1) is 16.5. The molecular weight excluding hydrogens is 432 g/mol. The molecule has 0 heterocycles. The van der Waals surface area contributed by atoms with Crippen molar-refractivity contribution in [3.05, 3.63) is 0 Å². The summed E-state index contributed by atoms with van der Waals surface area (Å²) in [6.07, 6.45) is 17.0. The van der Waals surface area contributed by atoms with Crippen LogP contribution in [0.4, 0.5) is 0 Å². The van der Waals surface area contributed by atoms with Crippen LogP contribution < -0.4 is 0 Å². The maximum Gasteiger partial charge on any atom is 0.121 e. The van der Waals surface area contributed by atoms with Crippen LogP contribution in [0.25, 0.3) is 0 Å². The van der Waals surface area contributed by atoms with E-state index in [0.29, 0.717) is 13.0 Å². The Hall–Kier alpha value is -0.240. The number of aliphatic hydroxyl groups excluding tert-OH is 4. The van der Waals surface area contributed by atoms with Gasteiger partial charge in [0, 0.05) is 6.61 Å². The van der Waals surface area contributed by atoms with Gasteiger partial charge in [-0.25, -0.2) is 0 Å². The third-order valence-electron chi connectivity index (χ3n) is 7.01. The molecule has 0 aromatic carbocycles. The monoisotopic (exact) mass is 490 g/mol. The molecule has 0 bridgehead atoms. The second-order valence-electron chi connectivity index (χ2n) is 10.1. The Balaban J connectivity index is 4.47. The molecule has 206 valence electrons. The highest BCUT2D eigenvalue weighted by molar-refractivity contribution is 4.97. The van der Waals surface area contributed by atoms with Gasteiger partial charge in [-0.1, -0.05) is 123 Å². The fraction of sp³-hybridized carbons (Fsp3) is 1.00. The Morgan fingerprint density at radius 1 is 0.588 bits per heavy atom. The van der Waals surface area contributed by atoms with Gasteiger partial charge in [0.15, 0.2) is 0 Å². The molecule has 0 amide bonds. The molecule has 6 nitrogen and oxygen atoms in total. The SMILES string of the molecule is CCCCCCCCCCCO[C@H]([C@H](O)CO)[C@@](O)(CCCCCCCCCCC)[C@H](O)CO. The van der Waals surface area contributed by atoms with Crippen LogP contribution in [0, 0.1) is 0 Å². The highest BCUT2D eigenvalue weighted by Crippen LogP contribution is 2.29. The number of aliphatic hydroxyl groups is 5. The molecule has 0 spiro atoms. The molecule has 0 fully saturated rings. The van der Waals surface area contributed by atoms with Crippen LogP contribution in [0.5, 0.6) is 0 Å². The lowest BCUT2D eigenvalue weighted by atomic mass is 9.82. The van der Waals surface area contributed by atoms with Crippen molar-refractivity contribution in [3.63, 3.8) is 0 Å². The zero-order valence-electron chi connectivity index (χ0n) is 22.4. The van der Waals surface area contributed by atoms with Crippen molar-refractivity contribution in [2.45, 2.75) is 160 Å². The van der Waals surface area contributed by atoms with Gasteiger partial charge in [-0.2, -0.15) is 0 Å². The lowest BCUT2D eigenvalue weighted by molar-refractivity contribution is -0.211. The van der Waals surface area contributed by atoms with Crippen molar-refractivity contribution in [3.8, 4) is 0 Å². The summed E-state index contributed by atoms with van der Waals surface area (Å²) in [7, 11) is 0. The van der Waals surface area contributed by atoms with Crippen LogP contribution in [-0.2, 0) is 4.74 Å². The summed E-state index contributed by atoms with van der Waals surface area (Å²) in [5.41, 5.74) is -1.79. The van der Waals surface area contributed by atoms with Gasteiger partial charge in [0.25, 0.3) is 0 Å². The van der Waals surface area contributed by atoms with Crippen molar-refractivity contribution in [1.82, 2.24) is 0 Å². The number of rotatable bonds is 26. The standard InChI is InChI=1S/C28H58O6/c1-3-5-7-9-11-13-15-17-19-21-28(33,26(32)24-30)27(25(31)23-29)34-22-20-18-16-14-12-10-8-6-4-2/h25-27,29-33H,3-24H2,1-2H3/t25-,26-,27-,28-/m1/s1. The second kappa shape index (κ2) is 23.2. The average Bonchev–Trinajstić information content (AvgIpc) is 2.85. The van der Waals surface area contributed by atoms with E-state index in [1.807, 2.05) is 0 Å². The molecule has 0 radical (unpaired) electrons. The summed E-state index contributed by atoms with van der Waals surface area (Å²) in [6, 6.07) is 0. The van der Waals surface area contributed by atoms with Gasteiger partial charge in [-0.3, -0.25) is 0 Å². The summed E-state index contributed by atoms with van der Waals surface area (Å²) >= 11 is 0. The summed E-state index contributed by atoms with van der Waals surface area (Å²) < 4.78 is 5.84. The van der Waals surface area contributed by atoms with Gasteiger partial charge in [0.2, 0.25) is 0 Å². The maximum atomic E-state index is 11.3. The summed E-state index contributed by atoms with van der Waals surface area (Å²) in [5, 5.41) is 51.1. The van der Waals surface area contributed by atoms with E-state index in [2.05, 4.69) is 13.8 Å². The fourth-order valence-electron chi connectivity index (χ4n) is 4.68. The average molecular weight is 491 g/mol. The van der Waals surface area contributed by atoms with E-state index in [-0.39, 0.29) is 6.42 Å². The molecule has 6 heteroatoms. The quantitative estimate of drug-likeness (QED) is 0.106. The van der Waals surface area contributed by atoms with E-state index in [4.69, 9.17) is 4.74 Å². The first-order valence-corrected chi connectivity index (χ1v) is 14.4. The third kappa shape index (κ3) is 15.7. The largest absolute Gasteiger partial charge is 0.394 e. The maximum absolute atomic E-state index is 11.3. The van der Waals surface area contributed by atoms with E-state index < -0.39 is 37.1 Å². The zero-order chi connectivity index (χ0) is 25.5. The van der Waals surface area contributed by atoms with Crippen molar-refractivity contribution >= 4 is 0 Å². The zero-order valence-corrected chi connectivity index (χ0v) is 22.4. The van der Waals surface area contributed by atoms with Gasteiger partial charge < -0.3 is 30.3 Å². The number of unbranched alkanes of at least 4 members (excludes halogenated alkanes) is 16. The lowest BCUT2D eigenvalue weighted by Gasteiger charge is -2.41. The van der Waals surface area contributed by atoms with E-state index >= 15 is 0 Å². The smallest absolute Gasteiger partial charge is 0.121 e. The molecule has 5 N–H and O–H groups in total. The van der Waals surface area contributed by atoms with Crippen LogP contribution in [0.2, 0.25) is 0 Å². The Labute approximate surface area is 210 Å². The van der Waals surface area contributed by atoms with Gasteiger partial charge in [-0.15, -0.1) is 0 Å². The number of ether oxygens (including phenoxy) is 1. The number of hydrogen-bond acceptors (Lipinski definition) is 6. The van der Waals surface area contributed by atoms with Crippen molar-refractivity contribution in [2.24, 2.45) is 0 Å². The van der Waals surface area contributed by atoms with Crippen LogP contribution in [0.1, 0.15) is 136 Å². The molecule has 0 saturated heterocycles. The van der Waals surface area contributed by atoms with Crippen LogP contribution >= 0.6 is 0 Å². The first-order valence-electron chi connectivity index (χ1n) is 14.4. The van der Waals surface area contributed by atoms with E-state index in [9.17, 15) is 25.5 Å². The van der Waals surface area contributed by atoms with E-state index in [1.165, 1.54) is 70.6 Å². The van der Waals surface area contributed by atoms with Crippen molar-refractivity contribution in [1.29, 1.82) is 0 Å². The molecule has 0 rings (SSSR count). The first kappa shape index (κ1) is 33.8. The van der Waals surface area contributed by atoms with Gasteiger partial charge in [-0.05, 0) is 12.8 Å². The van der Waals surface area contributed by atoms with Gasteiger partial charge in [0.05, 0.1) is 13.2 Å². The Kier molecular flexibility index (Phi) is 23.0. The fourth-order valence-corrected chi connectivity index (χ4v) is 4.68. The molecule has 34 heavy (non-hydrogen) atoms. The van der Waals surface area contributed by atoms with Crippen LogP contribution in [0.3, 0.4) is 0 Å². The minimum atomic E-state index is -1.79. The predicted molar refractivity (Wildman–Crippen MR) is 140 cm³/mol. The summed E-state index contributed by atoms with van der Waals surface area (Å²) in [4.78, 5) is 0. The molecule has 0 aliphatic heterocycles. The van der Waals surface area contributed by atoms with Crippen molar-refractivity contribution in [2.75, 3.05) is 19.8 Å². The predicted octanol–water partition coefficient (Wildman–Crippen LogP) is 5.26. The molecule has 0 aromatic heterocycles. The lowest BCUT2D eigenvalue weighted by Crippen LogP contribution is -2.59. The van der Waals surface area contributed by atoms with E-state index in [1.54, 1.807) is 0 Å². The number of hydrogen-bond donors (Lipinski definition) is 5. The molecule has 0 aliphatic rings. The van der Waals surface area contributed by atoms with Crippen LogP contribution in [-0.4, -0.2) is 69.3 Å². The van der Waals surface area contributed by atoms with E-state index in [0.717, 1.165) is 38.5 Å². The third-order valence-corrected chi connectivity index (χ3v) is 7.01. The Morgan fingerprint density at radius 3 is 1.41 bits per heavy atom. The van der Waals surface area contributed by atoms with Gasteiger partial charge in [0.1, 0.15) is 23.9 Å². The topological polar surface area (TPSA) is 110 Å². The highest BCUT2D eigenvalue weighted by atomic mass is 16.5. The second-order valence-corrected chi connectivity index (χ2v) is 10.1. The molecule has 0 unspecified atom stereocenters. The minimum absolute atomic E-state index is 0.212. The minimum Gasteiger partial charge on any atom is -0.394 e. The molecule has 0 saturated carbocycles. The molecule has 0 aliphatic carbocycles. The normalized spacial score (nSPS) is 16.3. The Bertz CT molecular complexity index is 422.